The number of para-hydroxylation sites is 1. The molecule has 0 unspecified atom stereocenters. The molecule has 0 spiro atoms. The van der Waals surface area contributed by atoms with Gasteiger partial charge in [0.2, 0.25) is 0 Å². The van der Waals surface area contributed by atoms with Crippen LogP contribution in [0.1, 0.15) is 10.4 Å². The van der Waals surface area contributed by atoms with Crippen molar-refractivity contribution in [3.05, 3.63) is 48.2 Å². The summed E-state index contributed by atoms with van der Waals surface area (Å²) in [4.78, 5) is 15.8. The van der Waals surface area contributed by atoms with Gasteiger partial charge in [-0.1, -0.05) is 12.1 Å². The molecule has 0 aliphatic rings. The largest absolute Gasteiger partial charge is 0.506 e. The normalized spacial score (nSPS) is 9.78. The minimum Gasteiger partial charge on any atom is -0.506 e. The lowest BCUT2D eigenvalue weighted by Gasteiger charge is -2.07. The number of phenolic OH excluding ortho intramolecular Hbond substituents is 1. The van der Waals surface area contributed by atoms with Crippen molar-refractivity contribution in [3.63, 3.8) is 0 Å². The zero-order chi connectivity index (χ0) is 13.0. The van der Waals surface area contributed by atoms with E-state index < -0.39 is 5.91 Å². The Kier molecular flexibility index (Phi) is 3.33. The summed E-state index contributed by atoms with van der Waals surface area (Å²) in [6.07, 6.45) is 1.62. The molecule has 0 fully saturated rings. The second-order valence-electron chi connectivity index (χ2n) is 3.52. The molecule has 5 nitrogen and oxygen atoms in total. The lowest BCUT2D eigenvalue weighted by Crippen LogP contribution is -2.16. The van der Waals surface area contributed by atoms with E-state index in [1.165, 1.54) is 6.07 Å². The molecule has 1 amide bonds. The predicted octanol–water partition coefficient (Wildman–Crippen LogP) is 1.80. The van der Waals surface area contributed by atoms with Gasteiger partial charge < -0.3 is 5.11 Å². The van der Waals surface area contributed by atoms with Gasteiger partial charge in [-0.15, -0.1) is 0 Å². The van der Waals surface area contributed by atoms with Gasteiger partial charge in [-0.25, -0.2) is 5.43 Å². The zero-order valence-corrected chi connectivity index (χ0v) is 9.50. The van der Waals surface area contributed by atoms with Crippen LogP contribution < -0.4 is 5.43 Å². The number of aromatic nitrogens is 1. The standard InChI is InChI=1S/C13H11N3O2/c1-14-16-13(18)10-6-4-5-9(12(10)17)11-7-2-3-8-15-11/h2-8,17H,1H2,(H,16,18). The number of amides is 1. The third kappa shape index (κ3) is 2.20. The van der Waals surface area contributed by atoms with Crippen LogP contribution in [0.4, 0.5) is 0 Å². The van der Waals surface area contributed by atoms with Gasteiger partial charge in [0.1, 0.15) is 5.75 Å². The number of nitrogens with one attached hydrogen (secondary N) is 1. The third-order valence-corrected chi connectivity index (χ3v) is 2.40. The molecular formula is C13H11N3O2. The van der Waals surface area contributed by atoms with Crippen LogP contribution in [0, 0.1) is 0 Å². The van der Waals surface area contributed by atoms with Crippen molar-refractivity contribution in [2.45, 2.75) is 0 Å². The molecule has 0 saturated carbocycles. The Morgan fingerprint density at radius 1 is 1.28 bits per heavy atom. The van der Waals surface area contributed by atoms with Crippen molar-refractivity contribution in [2.24, 2.45) is 5.10 Å². The van der Waals surface area contributed by atoms with E-state index in [1.54, 1.807) is 36.5 Å². The highest BCUT2D eigenvalue weighted by Crippen LogP contribution is 2.30. The summed E-state index contributed by atoms with van der Waals surface area (Å²) in [5.74, 6) is -0.641. The van der Waals surface area contributed by atoms with Crippen LogP contribution >= 0.6 is 0 Å². The number of hydrogen-bond acceptors (Lipinski definition) is 4. The molecule has 0 aliphatic heterocycles. The second-order valence-corrected chi connectivity index (χ2v) is 3.52. The predicted molar refractivity (Wildman–Crippen MR) is 68.4 cm³/mol. The molecule has 18 heavy (non-hydrogen) atoms. The van der Waals surface area contributed by atoms with Gasteiger partial charge in [0.05, 0.1) is 11.3 Å². The summed E-state index contributed by atoms with van der Waals surface area (Å²) in [7, 11) is 0. The van der Waals surface area contributed by atoms with Gasteiger partial charge in [0, 0.05) is 18.5 Å². The Bertz CT molecular complexity index is 582. The first kappa shape index (κ1) is 11.8. The van der Waals surface area contributed by atoms with Crippen molar-refractivity contribution in [1.29, 1.82) is 0 Å². The van der Waals surface area contributed by atoms with E-state index in [1.807, 2.05) is 0 Å². The molecule has 90 valence electrons. The molecule has 1 aromatic heterocycles. The van der Waals surface area contributed by atoms with Gasteiger partial charge >= 0.3 is 0 Å². The summed E-state index contributed by atoms with van der Waals surface area (Å²) < 4.78 is 0. The highest BCUT2D eigenvalue weighted by atomic mass is 16.3. The fourth-order valence-corrected chi connectivity index (χ4v) is 1.59. The number of rotatable bonds is 3. The van der Waals surface area contributed by atoms with Crippen molar-refractivity contribution in [1.82, 2.24) is 10.4 Å². The Balaban J connectivity index is 2.49. The van der Waals surface area contributed by atoms with E-state index in [0.29, 0.717) is 11.3 Å². The topological polar surface area (TPSA) is 74.6 Å². The maximum Gasteiger partial charge on any atom is 0.275 e. The second kappa shape index (κ2) is 5.09. The fraction of sp³-hybridized carbons (Fsp3) is 0. The number of carbonyl (C=O) groups is 1. The third-order valence-electron chi connectivity index (χ3n) is 2.40. The summed E-state index contributed by atoms with van der Waals surface area (Å²) in [6, 6.07) is 10.2. The number of hydrogen-bond donors (Lipinski definition) is 2. The van der Waals surface area contributed by atoms with Gasteiger partial charge in [-0.2, -0.15) is 5.10 Å². The molecule has 0 aliphatic carbocycles. The van der Waals surface area contributed by atoms with Crippen molar-refractivity contribution in [3.8, 4) is 17.0 Å². The average Bonchev–Trinajstić information content (AvgIpc) is 2.40. The van der Waals surface area contributed by atoms with Crippen LogP contribution in [-0.4, -0.2) is 22.7 Å². The lowest BCUT2D eigenvalue weighted by molar-refractivity contribution is 0.0953. The van der Waals surface area contributed by atoms with Crippen molar-refractivity contribution < 1.29 is 9.90 Å². The van der Waals surface area contributed by atoms with E-state index in [9.17, 15) is 9.90 Å². The van der Waals surface area contributed by atoms with Crippen LogP contribution in [-0.2, 0) is 0 Å². The molecular weight excluding hydrogens is 230 g/mol. The van der Waals surface area contributed by atoms with Crippen molar-refractivity contribution in [2.75, 3.05) is 0 Å². The highest BCUT2D eigenvalue weighted by molar-refractivity contribution is 5.98. The van der Waals surface area contributed by atoms with E-state index >= 15 is 0 Å². The van der Waals surface area contributed by atoms with E-state index in [0.717, 1.165) is 0 Å². The summed E-state index contributed by atoms with van der Waals surface area (Å²) >= 11 is 0. The highest BCUT2D eigenvalue weighted by Gasteiger charge is 2.14. The Hall–Kier alpha value is -2.69. The number of aromatic hydroxyl groups is 1. The van der Waals surface area contributed by atoms with Crippen LogP contribution in [0.5, 0.6) is 5.75 Å². The molecule has 0 saturated heterocycles. The van der Waals surface area contributed by atoms with Crippen molar-refractivity contribution >= 4 is 12.6 Å². The lowest BCUT2D eigenvalue weighted by atomic mass is 10.1. The Labute approximate surface area is 104 Å². The van der Waals surface area contributed by atoms with E-state index in [-0.39, 0.29) is 11.3 Å². The molecule has 2 N–H and O–H groups in total. The molecule has 2 rings (SSSR count). The van der Waals surface area contributed by atoms with Gasteiger partial charge in [-0.05, 0) is 24.3 Å². The Morgan fingerprint density at radius 2 is 2.11 bits per heavy atom. The molecule has 2 aromatic rings. The zero-order valence-electron chi connectivity index (χ0n) is 9.50. The van der Waals surface area contributed by atoms with Crippen LogP contribution in [0.3, 0.4) is 0 Å². The molecule has 0 atom stereocenters. The van der Waals surface area contributed by atoms with Gasteiger partial charge in [0.15, 0.2) is 0 Å². The summed E-state index contributed by atoms with van der Waals surface area (Å²) in [5.41, 5.74) is 3.39. The molecule has 0 radical (unpaired) electrons. The first-order chi connectivity index (χ1) is 8.74. The SMILES string of the molecule is C=NNC(=O)c1cccc(-c2ccccn2)c1O. The number of carbonyl (C=O) groups excluding carboxylic acids is 1. The molecule has 1 heterocycles. The molecule has 0 bridgehead atoms. The van der Waals surface area contributed by atoms with E-state index in [2.05, 4.69) is 22.2 Å². The smallest absolute Gasteiger partial charge is 0.275 e. The maximum absolute atomic E-state index is 11.6. The number of benzene rings is 1. The molecule has 5 heteroatoms. The number of pyridine rings is 1. The van der Waals surface area contributed by atoms with E-state index in [4.69, 9.17) is 0 Å². The average molecular weight is 241 g/mol. The number of phenols is 1. The minimum atomic E-state index is -0.514. The van der Waals surface area contributed by atoms with Crippen LogP contribution in [0.15, 0.2) is 47.7 Å². The summed E-state index contributed by atoms with van der Waals surface area (Å²) in [6.45, 7) is 3.16. The van der Waals surface area contributed by atoms with Crippen LogP contribution in [0.2, 0.25) is 0 Å². The quantitative estimate of drug-likeness (QED) is 0.635. The minimum absolute atomic E-state index is 0.127. The van der Waals surface area contributed by atoms with Crippen LogP contribution in [0.25, 0.3) is 11.3 Å². The maximum atomic E-state index is 11.6. The number of hydrazone groups is 1. The van der Waals surface area contributed by atoms with Gasteiger partial charge in [0.25, 0.3) is 5.91 Å². The Morgan fingerprint density at radius 3 is 2.78 bits per heavy atom. The first-order valence-electron chi connectivity index (χ1n) is 5.23. The molecule has 1 aromatic carbocycles. The number of nitrogens with zero attached hydrogens (tertiary/aromatic N) is 2. The fourth-order valence-electron chi connectivity index (χ4n) is 1.59. The first-order valence-corrected chi connectivity index (χ1v) is 5.23. The van der Waals surface area contributed by atoms with Gasteiger partial charge in [-0.3, -0.25) is 9.78 Å². The monoisotopic (exact) mass is 241 g/mol. The summed E-state index contributed by atoms with van der Waals surface area (Å²) in [5, 5.41) is 13.4.